The lowest BCUT2D eigenvalue weighted by Gasteiger charge is -2.35. The third-order valence-electron chi connectivity index (χ3n) is 6.34. The predicted molar refractivity (Wildman–Crippen MR) is 132 cm³/mol. The first kappa shape index (κ1) is 27.5. The van der Waals surface area contributed by atoms with Gasteiger partial charge in [0.05, 0.1) is 0 Å². The molecular weight excluding hydrogens is 473 g/mol. The number of hydrogen-bond donors (Lipinski definition) is 3. The van der Waals surface area contributed by atoms with Gasteiger partial charge < -0.3 is 20.6 Å². The van der Waals surface area contributed by atoms with E-state index in [0.29, 0.717) is 50.5 Å². The number of anilines is 1. The van der Waals surface area contributed by atoms with Crippen molar-refractivity contribution in [2.45, 2.75) is 45.0 Å². The maximum absolute atomic E-state index is 13.0. The second kappa shape index (κ2) is 11.7. The fourth-order valence-electron chi connectivity index (χ4n) is 3.90. The van der Waals surface area contributed by atoms with E-state index in [9.17, 15) is 27.9 Å². The fourth-order valence-corrected chi connectivity index (χ4v) is 3.90. The molecule has 2 aromatic rings. The molecule has 7 nitrogen and oxygen atoms in total. The molecule has 0 bridgehead atoms. The quantitative estimate of drug-likeness (QED) is 0.465. The van der Waals surface area contributed by atoms with Gasteiger partial charge in [0.1, 0.15) is 0 Å². The van der Waals surface area contributed by atoms with Crippen molar-refractivity contribution in [3.63, 3.8) is 0 Å². The van der Waals surface area contributed by atoms with E-state index in [-0.39, 0.29) is 17.5 Å². The van der Waals surface area contributed by atoms with Gasteiger partial charge in [-0.25, -0.2) is 4.79 Å². The van der Waals surface area contributed by atoms with Crippen LogP contribution in [0.3, 0.4) is 0 Å². The summed E-state index contributed by atoms with van der Waals surface area (Å²) in [5.74, 6) is -0.0904. The van der Waals surface area contributed by atoms with Gasteiger partial charge in [-0.2, -0.15) is 13.2 Å². The molecule has 196 valence electrons. The van der Waals surface area contributed by atoms with E-state index in [0.717, 1.165) is 25.3 Å². The maximum Gasteiger partial charge on any atom is 0.421 e. The summed E-state index contributed by atoms with van der Waals surface area (Å²) in [6.45, 7) is 6.25. The highest BCUT2D eigenvalue weighted by atomic mass is 19.4. The molecule has 1 saturated heterocycles. The number of aliphatic hydroxyl groups is 1. The topological polar surface area (TPSA) is 84.9 Å². The second-order valence-electron chi connectivity index (χ2n) is 9.15. The molecule has 2 aromatic carbocycles. The van der Waals surface area contributed by atoms with Crippen LogP contribution < -0.4 is 10.6 Å². The van der Waals surface area contributed by atoms with Crippen LogP contribution in [0.4, 0.5) is 23.7 Å². The Morgan fingerprint density at radius 1 is 0.972 bits per heavy atom. The lowest BCUT2D eigenvalue weighted by molar-refractivity contribution is -0.258. The van der Waals surface area contributed by atoms with E-state index in [1.54, 1.807) is 41.3 Å². The Balaban J connectivity index is 1.48. The maximum atomic E-state index is 13.0. The molecule has 10 heteroatoms. The molecule has 1 unspecified atom stereocenters. The van der Waals surface area contributed by atoms with Gasteiger partial charge in [0.2, 0.25) is 0 Å². The summed E-state index contributed by atoms with van der Waals surface area (Å²) in [6.07, 6.45) is -2.85. The Labute approximate surface area is 209 Å². The van der Waals surface area contributed by atoms with Gasteiger partial charge in [-0.1, -0.05) is 37.6 Å². The predicted octanol–water partition coefficient (Wildman–Crippen LogP) is 4.34. The number of nitrogens with one attached hydrogen (secondary N) is 2. The van der Waals surface area contributed by atoms with Gasteiger partial charge in [0, 0.05) is 50.5 Å². The van der Waals surface area contributed by atoms with Crippen molar-refractivity contribution in [1.29, 1.82) is 0 Å². The van der Waals surface area contributed by atoms with E-state index in [1.807, 2.05) is 6.92 Å². The molecule has 0 aliphatic carbocycles. The molecule has 3 amide bonds. The minimum atomic E-state index is -4.75. The average Bonchev–Trinajstić information content (AvgIpc) is 2.84. The Morgan fingerprint density at radius 2 is 1.58 bits per heavy atom. The van der Waals surface area contributed by atoms with Crippen LogP contribution in [0.25, 0.3) is 0 Å². The number of hydrogen-bond acceptors (Lipinski definition) is 4. The number of alkyl halides is 3. The first-order chi connectivity index (χ1) is 17.0. The zero-order chi connectivity index (χ0) is 26.3. The largest absolute Gasteiger partial charge is 0.421 e. The van der Waals surface area contributed by atoms with Crippen molar-refractivity contribution in [2.75, 3.05) is 38.0 Å². The van der Waals surface area contributed by atoms with Crippen LogP contribution in [0.1, 0.15) is 48.2 Å². The zero-order valence-electron chi connectivity index (χ0n) is 20.6. The average molecular weight is 507 g/mol. The highest BCUT2D eigenvalue weighted by Crippen LogP contribution is 2.38. The van der Waals surface area contributed by atoms with Crippen LogP contribution in [-0.4, -0.2) is 65.7 Å². The number of rotatable bonds is 8. The number of piperazine rings is 1. The molecule has 1 heterocycles. The third-order valence-corrected chi connectivity index (χ3v) is 6.34. The molecule has 1 atom stereocenters. The molecule has 0 spiro atoms. The van der Waals surface area contributed by atoms with Gasteiger partial charge in [0.15, 0.2) is 5.60 Å². The highest BCUT2D eigenvalue weighted by Gasteiger charge is 2.51. The van der Waals surface area contributed by atoms with Gasteiger partial charge in [0.25, 0.3) is 5.91 Å². The Kier molecular flexibility index (Phi) is 8.97. The van der Waals surface area contributed by atoms with Crippen molar-refractivity contribution in [1.82, 2.24) is 15.1 Å². The number of unbranched alkanes of at least 4 members (excludes halogenated alkanes) is 1. The minimum absolute atomic E-state index is 0.0904. The summed E-state index contributed by atoms with van der Waals surface area (Å²) in [5.41, 5.74) is -1.13. The SMILES string of the molecule is CCCCNC(=O)Nc1ccc(C(=O)N2CCN(Cc3ccc(C(C)(O)C(F)(F)F)cc3)CC2)cc1. The summed E-state index contributed by atoms with van der Waals surface area (Å²) in [6, 6.07) is 12.3. The minimum Gasteiger partial charge on any atom is -0.376 e. The standard InChI is InChI=1S/C26H33F3N4O3/c1-3-4-13-30-24(35)31-22-11-7-20(8-12-22)23(34)33-16-14-32(15-17-33)18-19-5-9-21(10-6-19)25(2,36)26(27,28)29/h5-12,36H,3-4,13-18H2,1-2H3,(H2,30,31,35). The summed E-state index contributed by atoms with van der Waals surface area (Å²) >= 11 is 0. The molecule has 1 fully saturated rings. The normalized spacial score (nSPS) is 16.3. The lowest BCUT2D eigenvalue weighted by atomic mass is 9.94. The fraction of sp³-hybridized carbons (Fsp3) is 0.462. The number of carbonyl (C=O) groups excluding carboxylic acids is 2. The van der Waals surface area contributed by atoms with Crippen LogP contribution in [-0.2, 0) is 12.1 Å². The summed E-state index contributed by atoms with van der Waals surface area (Å²) in [7, 11) is 0. The molecule has 3 rings (SSSR count). The van der Waals surface area contributed by atoms with Gasteiger partial charge >= 0.3 is 12.2 Å². The van der Waals surface area contributed by atoms with Crippen LogP contribution in [0.5, 0.6) is 0 Å². The highest BCUT2D eigenvalue weighted by molar-refractivity contribution is 5.95. The molecule has 0 saturated carbocycles. The van der Waals surface area contributed by atoms with Crippen molar-refractivity contribution in [3.8, 4) is 0 Å². The van der Waals surface area contributed by atoms with Crippen molar-refractivity contribution < 1.29 is 27.9 Å². The van der Waals surface area contributed by atoms with Crippen LogP contribution in [0.2, 0.25) is 0 Å². The van der Waals surface area contributed by atoms with Crippen LogP contribution >= 0.6 is 0 Å². The molecule has 3 N–H and O–H groups in total. The monoisotopic (exact) mass is 506 g/mol. The van der Waals surface area contributed by atoms with Gasteiger partial charge in [-0.3, -0.25) is 9.69 Å². The first-order valence-corrected chi connectivity index (χ1v) is 12.1. The molecule has 1 aliphatic heterocycles. The second-order valence-corrected chi connectivity index (χ2v) is 9.15. The van der Waals surface area contributed by atoms with E-state index >= 15 is 0 Å². The first-order valence-electron chi connectivity index (χ1n) is 12.1. The number of halogens is 3. The molecule has 36 heavy (non-hydrogen) atoms. The Hall–Kier alpha value is -3.11. The Morgan fingerprint density at radius 3 is 2.14 bits per heavy atom. The van der Waals surface area contributed by atoms with E-state index in [4.69, 9.17) is 0 Å². The molecule has 1 aliphatic rings. The molecular formula is C26H33F3N4O3. The number of nitrogens with zero attached hydrogens (tertiary/aromatic N) is 2. The van der Waals surface area contributed by atoms with Crippen molar-refractivity contribution in [3.05, 3.63) is 65.2 Å². The molecule has 0 radical (unpaired) electrons. The summed E-state index contributed by atoms with van der Waals surface area (Å²) < 4.78 is 39.1. The number of amides is 3. The third kappa shape index (κ3) is 6.98. The smallest absolute Gasteiger partial charge is 0.376 e. The summed E-state index contributed by atoms with van der Waals surface area (Å²) in [5, 5.41) is 15.3. The van der Waals surface area contributed by atoms with Crippen molar-refractivity contribution >= 4 is 17.6 Å². The van der Waals surface area contributed by atoms with Crippen LogP contribution in [0.15, 0.2) is 48.5 Å². The van der Waals surface area contributed by atoms with Gasteiger partial charge in [-0.05, 0) is 48.7 Å². The van der Waals surface area contributed by atoms with Gasteiger partial charge in [-0.15, -0.1) is 0 Å². The number of benzene rings is 2. The zero-order valence-corrected chi connectivity index (χ0v) is 20.6. The van der Waals surface area contributed by atoms with E-state index < -0.39 is 11.8 Å². The molecule has 0 aromatic heterocycles. The van der Waals surface area contributed by atoms with E-state index in [1.165, 1.54) is 12.1 Å². The lowest BCUT2D eigenvalue weighted by Crippen LogP contribution is -2.48. The van der Waals surface area contributed by atoms with Crippen LogP contribution in [0, 0.1) is 0 Å². The summed E-state index contributed by atoms with van der Waals surface area (Å²) in [4.78, 5) is 28.6. The Bertz CT molecular complexity index is 1020. The van der Waals surface area contributed by atoms with Crippen molar-refractivity contribution in [2.24, 2.45) is 0 Å². The van der Waals surface area contributed by atoms with E-state index in [2.05, 4.69) is 15.5 Å². The number of carbonyl (C=O) groups is 2. The number of urea groups is 1.